The molecule has 2 aliphatic heterocycles. The van der Waals surface area contributed by atoms with E-state index in [2.05, 4.69) is 99.9 Å². The van der Waals surface area contributed by atoms with Gasteiger partial charge >= 0.3 is 0 Å². The van der Waals surface area contributed by atoms with E-state index in [0.717, 1.165) is 45.4 Å². The van der Waals surface area contributed by atoms with Crippen LogP contribution in [0.5, 0.6) is 11.5 Å². The van der Waals surface area contributed by atoms with Gasteiger partial charge in [-0.05, 0) is 97.1 Å². The molecular formula is C38H24N4O2S. The molecule has 6 nitrogen and oxygen atoms in total. The molecule has 0 atom stereocenters. The molecule has 0 unspecified atom stereocenters. The monoisotopic (exact) mass is 600 g/mol. The molecule has 1 aromatic heterocycles. The number of fused-ring (bicyclic) bond motifs is 4. The molecule has 45 heavy (non-hydrogen) atoms. The van der Waals surface area contributed by atoms with E-state index >= 15 is 0 Å². The number of anilines is 6. The summed E-state index contributed by atoms with van der Waals surface area (Å²) < 4.78 is 11.9. The smallest absolute Gasteiger partial charge is 0.258 e. The van der Waals surface area contributed by atoms with Crippen LogP contribution in [0.1, 0.15) is 0 Å². The van der Waals surface area contributed by atoms with Crippen molar-refractivity contribution in [2.24, 2.45) is 0 Å². The summed E-state index contributed by atoms with van der Waals surface area (Å²) >= 11 is 1.80. The van der Waals surface area contributed by atoms with Crippen molar-refractivity contribution < 1.29 is 9.26 Å². The van der Waals surface area contributed by atoms with Gasteiger partial charge in [-0.2, -0.15) is 4.98 Å². The highest BCUT2D eigenvalue weighted by Gasteiger charge is 2.26. The zero-order chi connectivity index (χ0) is 29.7. The summed E-state index contributed by atoms with van der Waals surface area (Å²) in [6, 6.07) is 49.6. The second-order valence-corrected chi connectivity index (χ2v) is 11.8. The largest absolute Gasteiger partial charge is 0.453 e. The lowest BCUT2D eigenvalue weighted by Gasteiger charge is -2.32. The molecule has 0 amide bonds. The van der Waals surface area contributed by atoms with E-state index in [1.807, 2.05) is 60.7 Å². The van der Waals surface area contributed by atoms with Gasteiger partial charge in [0.1, 0.15) is 0 Å². The SMILES string of the molecule is c1ccc2c(c1)Oc1ccccc1N2c1ccc(-c2noc(-c3ccc(N4c5ccccc5Sc5ccccc54)cc3)n2)cc1. The van der Waals surface area contributed by atoms with E-state index in [9.17, 15) is 0 Å². The lowest BCUT2D eigenvalue weighted by Crippen LogP contribution is -2.15. The molecule has 0 saturated carbocycles. The molecule has 0 spiro atoms. The number of hydrogen-bond acceptors (Lipinski definition) is 7. The predicted octanol–water partition coefficient (Wildman–Crippen LogP) is 10.9. The number of ether oxygens (including phenoxy) is 1. The number of nitrogens with zero attached hydrogens (tertiary/aromatic N) is 4. The second kappa shape index (κ2) is 10.4. The standard InChI is InChI=1S/C38H24N4O2S/c1-5-13-33-29(9-1)41(30-10-2-6-14-34(30)43-33)27-21-17-25(18-22-27)37-39-38(44-40-37)26-19-23-28(24-20-26)42-31-11-3-7-15-35(31)45-36-16-8-4-12-32(36)42/h1-24H. The first-order chi connectivity index (χ1) is 22.3. The fraction of sp³-hybridized carbons (Fsp3) is 0. The van der Waals surface area contributed by atoms with Crippen LogP contribution >= 0.6 is 11.8 Å². The molecule has 9 rings (SSSR count). The van der Waals surface area contributed by atoms with Crippen LogP contribution in [0, 0.1) is 0 Å². The summed E-state index contributed by atoms with van der Waals surface area (Å²) in [5, 5.41) is 4.32. The molecule has 7 aromatic rings. The Bertz CT molecular complexity index is 1950. The van der Waals surface area contributed by atoms with Crippen molar-refractivity contribution in [2.45, 2.75) is 9.79 Å². The van der Waals surface area contributed by atoms with Crippen LogP contribution in [-0.2, 0) is 0 Å². The van der Waals surface area contributed by atoms with Gasteiger partial charge in [0.15, 0.2) is 11.5 Å². The zero-order valence-electron chi connectivity index (χ0n) is 23.9. The topological polar surface area (TPSA) is 54.6 Å². The van der Waals surface area contributed by atoms with E-state index in [1.165, 1.54) is 21.2 Å². The molecule has 3 heterocycles. The third kappa shape index (κ3) is 4.36. The van der Waals surface area contributed by atoms with Crippen molar-refractivity contribution in [3.63, 3.8) is 0 Å². The van der Waals surface area contributed by atoms with Crippen LogP contribution in [0.25, 0.3) is 22.8 Å². The van der Waals surface area contributed by atoms with Crippen LogP contribution in [-0.4, -0.2) is 10.1 Å². The van der Waals surface area contributed by atoms with Gasteiger partial charge in [0.2, 0.25) is 5.82 Å². The molecule has 7 heteroatoms. The van der Waals surface area contributed by atoms with Crippen molar-refractivity contribution in [3.8, 4) is 34.3 Å². The van der Waals surface area contributed by atoms with Gasteiger partial charge in [-0.1, -0.05) is 65.4 Å². The Balaban J connectivity index is 1.00. The highest BCUT2D eigenvalue weighted by molar-refractivity contribution is 7.99. The van der Waals surface area contributed by atoms with Gasteiger partial charge in [0, 0.05) is 32.3 Å². The number of rotatable bonds is 4. The fourth-order valence-corrected chi connectivity index (χ4v) is 6.99. The van der Waals surface area contributed by atoms with Crippen molar-refractivity contribution in [2.75, 3.05) is 9.80 Å². The lowest BCUT2D eigenvalue weighted by molar-refractivity contribution is 0.432. The maximum atomic E-state index is 6.16. The van der Waals surface area contributed by atoms with E-state index < -0.39 is 0 Å². The van der Waals surface area contributed by atoms with Crippen LogP contribution in [0.4, 0.5) is 34.1 Å². The fourth-order valence-electron chi connectivity index (χ4n) is 5.94. The summed E-state index contributed by atoms with van der Waals surface area (Å²) in [5.41, 5.74) is 8.14. The Morgan fingerprint density at radius 3 is 1.51 bits per heavy atom. The minimum absolute atomic E-state index is 0.478. The van der Waals surface area contributed by atoms with Crippen molar-refractivity contribution >= 4 is 45.9 Å². The van der Waals surface area contributed by atoms with Gasteiger partial charge < -0.3 is 19.1 Å². The maximum Gasteiger partial charge on any atom is 0.258 e. The molecule has 6 aromatic carbocycles. The van der Waals surface area contributed by atoms with Crippen molar-refractivity contribution in [3.05, 3.63) is 146 Å². The zero-order valence-corrected chi connectivity index (χ0v) is 24.7. The minimum Gasteiger partial charge on any atom is -0.453 e. The van der Waals surface area contributed by atoms with Gasteiger partial charge in [0.25, 0.3) is 5.89 Å². The quantitative estimate of drug-likeness (QED) is 0.199. The first kappa shape index (κ1) is 25.7. The molecular weight excluding hydrogens is 577 g/mol. The molecule has 0 fully saturated rings. The van der Waals surface area contributed by atoms with Gasteiger partial charge in [-0.25, -0.2) is 0 Å². The summed E-state index contributed by atoms with van der Waals surface area (Å²) in [5.74, 6) is 2.66. The molecule has 0 saturated heterocycles. The predicted molar refractivity (Wildman–Crippen MR) is 179 cm³/mol. The number of para-hydroxylation sites is 6. The first-order valence-electron chi connectivity index (χ1n) is 14.7. The Hall–Kier alpha value is -5.79. The van der Waals surface area contributed by atoms with Gasteiger partial charge in [0.05, 0.1) is 22.7 Å². The minimum atomic E-state index is 0.478. The van der Waals surface area contributed by atoms with Crippen LogP contribution in [0.15, 0.2) is 160 Å². The molecule has 0 aliphatic carbocycles. The number of aromatic nitrogens is 2. The third-order valence-corrected chi connectivity index (χ3v) is 9.18. The van der Waals surface area contributed by atoms with Crippen LogP contribution in [0.3, 0.4) is 0 Å². The molecule has 0 N–H and O–H groups in total. The second-order valence-electron chi connectivity index (χ2n) is 10.8. The van der Waals surface area contributed by atoms with Crippen molar-refractivity contribution in [1.82, 2.24) is 10.1 Å². The molecule has 0 bridgehead atoms. The Kier molecular flexibility index (Phi) is 5.96. The maximum absolute atomic E-state index is 6.16. The number of hydrogen-bond donors (Lipinski definition) is 0. The van der Waals surface area contributed by atoms with Crippen LogP contribution in [0.2, 0.25) is 0 Å². The summed E-state index contributed by atoms with van der Waals surface area (Å²) in [6.07, 6.45) is 0. The number of benzene rings is 6. The summed E-state index contributed by atoms with van der Waals surface area (Å²) in [7, 11) is 0. The molecule has 2 aliphatic rings. The first-order valence-corrected chi connectivity index (χ1v) is 15.5. The molecule has 214 valence electrons. The average Bonchev–Trinajstić information content (AvgIpc) is 3.60. The Morgan fingerprint density at radius 1 is 0.467 bits per heavy atom. The van der Waals surface area contributed by atoms with Crippen molar-refractivity contribution in [1.29, 1.82) is 0 Å². The van der Waals surface area contributed by atoms with Gasteiger partial charge in [-0.3, -0.25) is 0 Å². The summed E-state index contributed by atoms with van der Waals surface area (Å²) in [4.78, 5) is 11.7. The Labute approximate surface area is 264 Å². The van der Waals surface area contributed by atoms with E-state index in [0.29, 0.717) is 11.7 Å². The Morgan fingerprint density at radius 2 is 0.933 bits per heavy atom. The highest BCUT2D eigenvalue weighted by Crippen LogP contribution is 2.52. The van der Waals surface area contributed by atoms with E-state index in [-0.39, 0.29) is 0 Å². The highest BCUT2D eigenvalue weighted by atomic mass is 32.2. The lowest BCUT2D eigenvalue weighted by atomic mass is 10.1. The third-order valence-electron chi connectivity index (χ3n) is 8.05. The summed E-state index contributed by atoms with van der Waals surface area (Å²) in [6.45, 7) is 0. The molecule has 0 radical (unpaired) electrons. The normalized spacial score (nSPS) is 12.9. The van der Waals surface area contributed by atoms with E-state index in [1.54, 1.807) is 11.8 Å². The average molecular weight is 601 g/mol. The van der Waals surface area contributed by atoms with E-state index in [4.69, 9.17) is 14.2 Å². The van der Waals surface area contributed by atoms with Gasteiger partial charge in [-0.15, -0.1) is 0 Å². The van der Waals surface area contributed by atoms with Crippen LogP contribution < -0.4 is 14.5 Å².